The van der Waals surface area contributed by atoms with Gasteiger partial charge in [-0.1, -0.05) is 35.9 Å². The number of alkyl halides is 3. The van der Waals surface area contributed by atoms with Gasteiger partial charge in [-0.3, -0.25) is 30.2 Å². The minimum Gasteiger partial charge on any atom is -0.297 e. The largest absolute Gasteiger partial charge is 0.416 e. The number of amides is 2. The Labute approximate surface area is 182 Å². The van der Waals surface area contributed by atoms with Gasteiger partial charge in [-0.05, 0) is 29.8 Å². The van der Waals surface area contributed by atoms with Crippen molar-refractivity contribution in [2.75, 3.05) is 32.7 Å². The van der Waals surface area contributed by atoms with E-state index in [0.717, 1.165) is 17.7 Å². The summed E-state index contributed by atoms with van der Waals surface area (Å²) in [5, 5.41) is 0.290. The normalized spacial score (nSPS) is 15.5. The molecule has 0 aromatic heterocycles. The highest BCUT2D eigenvalue weighted by Gasteiger charge is 2.30. The quantitative estimate of drug-likeness (QED) is 0.682. The van der Waals surface area contributed by atoms with Gasteiger partial charge in [0.05, 0.1) is 22.7 Å². The van der Waals surface area contributed by atoms with Crippen LogP contribution in [0.25, 0.3) is 0 Å². The molecule has 1 saturated heterocycles. The van der Waals surface area contributed by atoms with E-state index in [2.05, 4.69) is 15.8 Å². The standard InChI is InChI=1S/C21H22ClF3N4O2/c22-18-4-2-1-3-17(18)20(31)27-26-19(30)14-29-11-9-28(10-12-29)13-15-5-7-16(8-6-15)21(23,24)25/h1-8H,9-14H2,(H,26,30)(H,27,31). The molecular formula is C21H22ClF3N4O2. The van der Waals surface area contributed by atoms with Crippen LogP contribution >= 0.6 is 11.6 Å². The Morgan fingerprint density at radius 2 is 1.52 bits per heavy atom. The Morgan fingerprint density at radius 3 is 2.13 bits per heavy atom. The Morgan fingerprint density at radius 1 is 0.903 bits per heavy atom. The maximum Gasteiger partial charge on any atom is 0.416 e. The first-order valence-corrected chi connectivity index (χ1v) is 10.0. The van der Waals surface area contributed by atoms with Crippen LogP contribution in [0.5, 0.6) is 0 Å². The van der Waals surface area contributed by atoms with Gasteiger partial charge in [-0.25, -0.2) is 0 Å². The zero-order chi connectivity index (χ0) is 22.4. The van der Waals surface area contributed by atoms with E-state index in [0.29, 0.717) is 37.7 Å². The summed E-state index contributed by atoms with van der Waals surface area (Å²) in [7, 11) is 0. The van der Waals surface area contributed by atoms with Crippen molar-refractivity contribution < 1.29 is 22.8 Å². The molecule has 2 aromatic rings. The van der Waals surface area contributed by atoms with Crippen LogP contribution < -0.4 is 10.9 Å². The van der Waals surface area contributed by atoms with Crippen LogP contribution in [-0.2, 0) is 17.5 Å². The third-order valence-electron chi connectivity index (χ3n) is 4.95. The molecule has 2 N–H and O–H groups in total. The lowest BCUT2D eigenvalue weighted by Crippen LogP contribution is -2.51. The molecule has 0 radical (unpaired) electrons. The van der Waals surface area contributed by atoms with Gasteiger partial charge < -0.3 is 0 Å². The topological polar surface area (TPSA) is 64.7 Å². The zero-order valence-corrected chi connectivity index (χ0v) is 17.3. The van der Waals surface area contributed by atoms with Gasteiger partial charge in [0.2, 0.25) is 0 Å². The summed E-state index contributed by atoms with van der Waals surface area (Å²) >= 11 is 5.95. The number of carbonyl (C=O) groups is 2. The number of hydrazine groups is 1. The summed E-state index contributed by atoms with van der Waals surface area (Å²) in [4.78, 5) is 28.2. The van der Waals surface area contributed by atoms with Gasteiger partial charge in [0, 0.05) is 32.7 Å². The van der Waals surface area contributed by atoms with E-state index in [1.807, 2.05) is 4.90 Å². The van der Waals surface area contributed by atoms with Gasteiger partial charge in [-0.15, -0.1) is 0 Å². The van der Waals surface area contributed by atoms with E-state index in [4.69, 9.17) is 11.6 Å². The highest BCUT2D eigenvalue weighted by atomic mass is 35.5. The monoisotopic (exact) mass is 454 g/mol. The molecule has 1 fully saturated rings. The molecular weight excluding hydrogens is 433 g/mol. The van der Waals surface area contributed by atoms with Crippen molar-refractivity contribution in [1.82, 2.24) is 20.7 Å². The predicted molar refractivity (Wildman–Crippen MR) is 110 cm³/mol. The van der Waals surface area contributed by atoms with Crippen LogP contribution in [0.1, 0.15) is 21.5 Å². The number of piperazine rings is 1. The molecule has 166 valence electrons. The molecule has 0 saturated carbocycles. The molecule has 6 nitrogen and oxygen atoms in total. The minimum atomic E-state index is -4.34. The van der Waals surface area contributed by atoms with Crippen molar-refractivity contribution in [2.45, 2.75) is 12.7 Å². The molecule has 2 amide bonds. The van der Waals surface area contributed by atoms with Crippen molar-refractivity contribution in [3.8, 4) is 0 Å². The fraction of sp³-hybridized carbons (Fsp3) is 0.333. The van der Waals surface area contributed by atoms with Gasteiger partial charge in [0.15, 0.2) is 0 Å². The fourth-order valence-corrected chi connectivity index (χ4v) is 3.47. The lowest BCUT2D eigenvalue weighted by molar-refractivity contribution is -0.137. The number of halogens is 4. The lowest BCUT2D eigenvalue weighted by Gasteiger charge is -2.34. The summed E-state index contributed by atoms with van der Waals surface area (Å²) in [6.45, 7) is 3.29. The number of hydrogen-bond acceptors (Lipinski definition) is 4. The molecule has 0 unspecified atom stereocenters. The van der Waals surface area contributed by atoms with Crippen molar-refractivity contribution >= 4 is 23.4 Å². The second-order valence-electron chi connectivity index (χ2n) is 7.23. The van der Waals surface area contributed by atoms with Crippen LogP contribution in [0, 0.1) is 0 Å². The number of nitrogens with one attached hydrogen (secondary N) is 2. The minimum absolute atomic E-state index is 0.122. The number of carbonyl (C=O) groups excluding carboxylic acids is 2. The average Bonchev–Trinajstić information content (AvgIpc) is 2.73. The SMILES string of the molecule is O=C(CN1CCN(Cc2ccc(C(F)(F)F)cc2)CC1)NNC(=O)c1ccccc1Cl. The maximum absolute atomic E-state index is 12.7. The molecule has 0 spiro atoms. The average molecular weight is 455 g/mol. The first-order valence-electron chi connectivity index (χ1n) is 9.67. The van der Waals surface area contributed by atoms with E-state index in [9.17, 15) is 22.8 Å². The first kappa shape index (κ1) is 23.1. The van der Waals surface area contributed by atoms with Gasteiger partial charge >= 0.3 is 6.18 Å². The molecule has 3 rings (SSSR count). The summed E-state index contributed by atoms with van der Waals surface area (Å²) < 4.78 is 38.0. The van der Waals surface area contributed by atoms with Crippen molar-refractivity contribution in [1.29, 1.82) is 0 Å². The Bertz CT molecular complexity index is 914. The van der Waals surface area contributed by atoms with Crippen LogP contribution in [0.4, 0.5) is 13.2 Å². The smallest absolute Gasteiger partial charge is 0.297 e. The van der Waals surface area contributed by atoms with E-state index in [1.54, 1.807) is 24.3 Å². The van der Waals surface area contributed by atoms with Gasteiger partial charge in [-0.2, -0.15) is 13.2 Å². The molecule has 2 aromatic carbocycles. The van der Waals surface area contributed by atoms with Crippen LogP contribution in [-0.4, -0.2) is 54.3 Å². The van der Waals surface area contributed by atoms with Gasteiger partial charge in [0.1, 0.15) is 0 Å². The summed E-state index contributed by atoms with van der Waals surface area (Å²) in [6.07, 6.45) is -4.34. The predicted octanol–water partition coefficient (Wildman–Crippen LogP) is 2.94. The Balaban J connectivity index is 1.39. The summed E-state index contributed by atoms with van der Waals surface area (Å²) in [6, 6.07) is 11.7. The number of hydrogen-bond donors (Lipinski definition) is 2. The van der Waals surface area contributed by atoms with Crippen molar-refractivity contribution in [3.63, 3.8) is 0 Å². The molecule has 0 atom stereocenters. The van der Waals surface area contributed by atoms with E-state index >= 15 is 0 Å². The van der Waals surface area contributed by atoms with Crippen LogP contribution in [0.3, 0.4) is 0 Å². The molecule has 1 heterocycles. The fourth-order valence-electron chi connectivity index (χ4n) is 3.24. The zero-order valence-electron chi connectivity index (χ0n) is 16.6. The van der Waals surface area contributed by atoms with E-state index in [1.165, 1.54) is 12.1 Å². The summed E-state index contributed by atoms with van der Waals surface area (Å²) in [5.41, 5.74) is 5.14. The van der Waals surface area contributed by atoms with Crippen molar-refractivity contribution in [3.05, 3.63) is 70.2 Å². The van der Waals surface area contributed by atoms with E-state index < -0.39 is 17.6 Å². The van der Waals surface area contributed by atoms with Gasteiger partial charge in [0.25, 0.3) is 11.8 Å². The Hall–Kier alpha value is -2.62. The molecule has 10 heteroatoms. The molecule has 0 bridgehead atoms. The third kappa shape index (κ3) is 6.68. The molecule has 0 aliphatic carbocycles. The highest BCUT2D eigenvalue weighted by molar-refractivity contribution is 6.33. The molecule has 31 heavy (non-hydrogen) atoms. The van der Waals surface area contributed by atoms with Crippen LogP contribution in [0.15, 0.2) is 48.5 Å². The van der Waals surface area contributed by atoms with Crippen molar-refractivity contribution in [2.24, 2.45) is 0 Å². The van der Waals surface area contributed by atoms with Crippen LogP contribution in [0.2, 0.25) is 5.02 Å². The third-order valence-corrected chi connectivity index (χ3v) is 5.28. The second-order valence-corrected chi connectivity index (χ2v) is 7.64. The number of rotatable bonds is 5. The molecule has 1 aliphatic heterocycles. The molecule has 1 aliphatic rings. The lowest BCUT2D eigenvalue weighted by atomic mass is 10.1. The van der Waals surface area contributed by atoms with E-state index in [-0.39, 0.29) is 18.0 Å². The first-order chi connectivity index (χ1) is 14.7. The Kier molecular flexibility index (Phi) is 7.53. The second kappa shape index (κ2) is 10.1. The number of benzene rings is 2. The highest BCUT2D eigenvalue weighted by Crippen LogP contribution is 2.29. The maximum atomic E-state index is 12.7. The number of nitrogens with zero attached hydrogens (tertiary/aromatic N) is 2. The summed E-state index contributed by atoms with van der Waals surface area (Å²) in [5.74, 6) is -0.850.